The van der Waals surface area contributed by atoms with Gasteiger partial charge in [-0.3, -0.25) is 10.1 Å². The third-order valence-corrected chi connectivity index (χ3v) is 3.22. The zero-order valence-corrected chi connectivity index (χ0v) is 11.9. The SMILES string of the molecule is CCc1cc(F)c(F)c(Nc2ccc(C)cc2F)c1[N+](=O)[O-]. The molecule has 0 aliphatic carbocycles. The van der Waals surface area contributed by atoms with Crippen LogP contribution in [-0.4, -0.2) is 4.92 Å². The molecule has 2 rings (SSSR count). The van der Waals surface area contributed by atoms with E-state index in [1.54, 1.807) is 19.9 Å². The lowest BCUT2D eigenvalue weighted by atomic mass is 10.1. The molecule has 4 nitrogen and oxygen atoms in total. The van der Waals surface area contributed by atoms with E-state index < -0.39 is 33.7 Å². The van der Waals surface area contributed by atoms with Crippen molar-refractivity contribution in [2.24, 2.45) is 0 Å². The van der Waals surface area contributed by atoms with E-state index in [2.05, 4.69) is 5.32 Å². The van der Waals surface area contributed by atoms with Crippen LogP contribution in [-0.2, 0) is 6.42 Å². The number of anilines is 2. The molecule has 0 unspecified atom stereocenters. The van der Waals surface area contributed by atoms with Gasteiger partial charge in [0.25, 0.3) is 5.69 Å². The fourth-order valence-electron chi connectivity index (χ4n) is 2.12. The van der Waals surface area contributed by atoms with E-state index in [-0.39, 0.29) is 17.7 Å². The first-order valence-electron chi connectivity index (χ1n) is 6.53. The van der Waals surface area contributed by atoms with Crippen molar-refractivity contribution in [3.63, 3.8) is 0 Å². The minimum absolute atomic E-state index is 0.0268. The first-order chi connectivity index (χ1) is 10.3. The van der Waals surface area contributed by atoms with Gasteiger partial charge in [-0.15, -0.1) is 0 Å². The van der Waals surface area contributed by atoms with Crippen LogP contribution in [0.25, 0.3) is 0 Å². The zero-order valence-electron chi connectivity index (χ0n) is 11.9. The number of hydrogen-bond acceptors (Lipinski definition) is 3. The Bertz CT molecular complexity index is 748. The third kappa shape index (κ3) is 2.88. The molecule has 2 aromatic carbocycles. The predicted molar refractivity (Wildman–Crippen MR) is 76.8 cm³/mol. The molecule has 7 heteroatoms. The second kappa shape index (κ2) is 6.05. The van der Waals surface area contributed by atoms with E-state index >= 15 is 0 Å². The summed E-state index contributed by atoms with van der Waals surface area (Å²) in [5.74, 6) is -3.35. The van der Waals surface area contributed by atoms with Crippen LogP contribution in [0.1, 0.15) is 18.1 Å². The van der Waals surface area contributed by atoms with Gasteiger partial charge in [0.1, 0.15) is 5.82 Å². The molecule has 0 heterocycles. The number of hydrogen-bond donors (Lipinski definition) is 1. The summed E-state index contributed by atoms with van der Waals surface area (Å²) in [5.41, 5.74) is -0.781. The van der Waals surface area contributed by atoms with Crippen molar-refractivity contribution in [1.82, 2.24) is 0 Å². The van der Waals surface area contributed by atoms with Crippen molar-refractivity contribution in [3.05, 3.63) is 63.0 Å². The lowest BCUT2D eigenvalue weighted by Gasteiger charge is -2.12. The molecule has 2 aromatic rings. The summed E-state index contributed by atoms with van der Waals surface area (Å²) in [4.78, 5) is 10.4. The van der Waals surface area contributed by atoms with Gasteiger partial charge in [0.05, 0.1) is 10.6 Å². The Morgan fingerprint density at radius 1 is 1.18 bits per heavy atom. The van der Waals surface area contributed by atoms with Gasteiger partial charge in [-0.05, 0) is 37.1 Å². The van der Waals surface area contributed by atoms with Crippen LogP contribution in [0.3, 0.4) is 0 Å². The van der Waals surface area contributed by atoms with Crippen molar-refractivity contribution in [2.45, 2.75) is 20.3 Å². The van der Waals surface area contributed by atoms with Gasteiger partial charge in [-0.25, -0.2) is 13.2 Å². The zero-order chi connectivity index (χ0) is 16.4. The monoisotopic (exact) mass is 310 g/mol. The highest BCUT2D eigenvalue weighted by molar-refractivity contribution is 5.73. The summed E-state index contributed by atoms with van der Waals surface area (Å²) < 4.78 is 41.4. The molecule has 0 atom stereocenters. The quantitative estimate of drug-likeness (QED) is 0.662. The molecule has 0 amide bonds. The molecule has 22 heavy (non-hydrogen) atoms. The van der Waals surface area contributed by atoms with Gasteiger partial charge in [0.15, 0.2) is 17.3 Å². The van der Waals surface area contributed by atoms with Gasteiger partial charge < -0.3 is 5.32 Å². The van der Waals surface area contributed by atoms with Crippen molar-refractivity contribution in [1.29, 1.82) is 0 Å². The normalized spacial score (nSPS) is 10.6. The number of nitro groups is 1. The van der Waals surface area contributed by atoms with Gasteiger partial charge in [0.2, 0.25) is 0 Å². The number of nitrogens with one attached hydrogen (secondary N) is 1. The Morgan fingerprint density at radius 3 is 2.41 bits per heavy atom. The Kier molecular flexibility index (Phi) is 4.35. The van der Waals surface area contributed by atoms with E-state index in [0.717, 1.165) is 6.07 Å². The molecule has 0 fully saturated rings. The van der Waals surface area contributed by atoms with Crippen LogP contribution in [0.2, 0.25) is 0 Å². The first kappa shape index (κ1) is 15.8. The Labute approximate surface area is 124 Å². The minimum atomic E-state index is -1.41. The van der Waals surface area contributed by atoms with Crippen molar-refractivity contribution in [3.8, 4) is 0 Å². The molecule has 116 valence electrons. The highest BCUT2D eigenvalue weighted by atomic mass is 19.2. The summed E-state index contributed by atoms with van der Waals surface area (Å²) in [6.07, 6.45) is 0.137. The standard InChI is InChI=1S/C15H13F3N2O2/c1-3-9-7-11(17)13(18)14(15(9)20(21)22)19-12-5-4-8(2)6-10(12)16/h4-7,19H,3H2,1-2H3. The highest BCUT2D eigenvalue weighted by Crippen LogP contribution is 2.36. The molecule has 0 aliphatic heterocycles. The average molecular weight is 310 g/mol. The molecular weight excluding hydrogens is 297 g/mol. The fraction of sp³-hybridized carbons (Fsp3) is 0.200. The number of rotatable bonds is 4. The topological polar surface area (TPSA) is 55.2 Å². The van der Waals surface area contributed by atoms with E-state index in [1.165, 1.54) is 12.1 Å². The molecule has 0 saturated carbocycles. The smallest absolute Gasteiger partial charge is 0.299 e. The molecule has 0 aliphatic rings. The van der Waals surface area contributed by atoms with Crippen LogP contribution < -0.4 is 5.32 Å². The molecule has 0 bridgehead atoms. The van der Waals surface area contributed by atoms with Gasteiger partial charge in [-0.1, -0.05) is 13.0 Å². The maximum atomic E-state index is 14.0. The van der Waals surface area contributed by atoms with Crippen LogP contribution in [0, 0.1) is 34.5 Å². The lowest BCUT2D eigenvalue weighted by Crippen LogP contribution is -2.06. The van der Waals surface area contributed by atoms with Crippen molar-refractivity contribution in [2.75, 3.05) is 5.32 Å². The summed E-state index contributed by atoms with van der Waals surface area (Å²) >= 11 is 0. The number of aryl methyl sites for hydroxylation is 2. The minimum Gasteiger partial charge on any atom is -0.345 e. The van der Waals surface area contributed by atoms with E-state index in [1.807, 2.05) is 0 Å². The summed E-state index contributed by atoms with van der Waals surface area (Å²) in [7, 11) is 0. The predicted octanol–water partition coefficient (Wildman–Crippen LogP) is 4.63. The highest BCUT2D eigenvalue weighted by Gasteiger charge is 2.27. The molecule has 0 saturated heterocycles. The largest absolute Gasteiger partial charge is 0.345 e. The summed E-state index contributed by atoms with van der Waals surface area (Å²) in [6.45, 7) is 3.24. The maximum Gasteiger partial charge on any atom is 0.299 e. The third-order valence-electron chi connectivity index (χ3n) is 3.22. The second-order valence-electron chi connectivity index (χ2n) is 4.77. The number of halogens is 3. The number of benzene rings is 2. The summed E-state index contributed by atoms with van der Waals surface area (Å²) in [5, 5.41) is 13.5. The molecule has 0 radical (unpaired) electrons. The molecular formula is C15H13F3N2O2. The maximum absolute atomic E-state index is 14.0. The van der Waals surface area contributed by atoms with Gasteiger partial charge in [-0.2, -0.15) is 0 Å². The van der Waals surface area contributed by atoms with Crippen LogP contribution in [0.4, 0.5) is 30.2 Å². The molecule has 1 N–H and O–H groups in total. The fourth-order valence-corrected chi connectivity index (χ4v) is 2.12. The lowest BCUT2D eigenvalue weighted by molar-refractivity contribution is -0.384. The first-order valence-corrected chi connectivity index (χ1v) is 6.53. The number of nitro benzene ring substituents is 1. The van der Waals surface area contributed by atoms with E-state index in [9.17, 15) is 23.3 Å². The van der Waals surface area contributed by atoms with Gasteiger partial charge in [0, 0.05) is 5.56 Å². The van der Waals surface area contributed by atoms with E-state index in [4.69, 9.17) is 0 Å². The van der Waals surface area contributed by atoms with E-state index in [0.29, 0.717) is 5.56 Å². The Morgan fingerprint density at radius 2 is 1.86 bits per heavy atom. The van der Waals surface area contributed by atoms with Crippen LogP contribution in [0.15, 0.2) is 24.3 Å². The average Bonchev–Trinajstić information content (AvgIpc) is 2.45. The van der Waals surface area contributed by atoms with Crippen LogP contribution >= 0.6 is 0 Å². The van der Waals surface area contributed by atoms with Crippen molar-refractivity contribution >= 4 is 17.1 Å². The van der Waals surface area contributed by atoms with Crippen molar-refractivity contribution < 1.29 is 18.1 Å². The Balaban J connectivity index is 2.62. The van der Waals surface area contributed by atoms with Crippen LogP contribution in [0.5, 0.6) is 0 Å². The second-order valence-corrected chi connectivity index (χ2v) is 4.77. The summed E-state index contributed by atoms with van der Waals surface area (Å²) in [6, 6.07) is 4.83. The van der Waals surface area contributed by atoms with Gasteiger partial charge >= 0.3 is 0 Å². The Hall–Kier alpha value is -2.57. The molecule has 0 aromatic heterocycles. The number of nitrogens with zero attached hydrogens (tertiary/aromatic N) is 1. The molecule has 0 spiro atoms.